The second kappa shape index (κ2) is 6.45. The van der Waals surface area contributed by atoms with Crippen molar-refractivity contribution in [3.63, 3.8) is 0 Å². The molecule has 0 saturated carbocycles. The number of ether oxygens (including phenoxy) is 1. The Balaban J connectivity index is 1.66. The standard InChI is InChI=1S/C14H9Cl2F3N4O/c15-10-5-8(14(17,18)19)6-21-13(10)24-4-3-23-7-9-11(22-23)1-2-20-12(9)16/h1-2,5-7H,3-4H2. The van der Waals surface area contributed by atoms with Gasteiger partial charge in [-0.25, -0.2) is 9.97 Å². The molecular weight excluding hydrogens is 368 g/mol. The molecule has 0 aliphatic heterocycles. The summed E-state index contributed by atoms with van der Waals surface area (Å²) in [6.07, 6.45) is -0.577. The van der Waals surface area contributed by atoms with E-state index in [4.69, 9.17) is 27.9 Å². The molecule has 3 aromatic rings. The number of halogens is 5. The van der Waals surface area contributed by atoms with Crippen LogP contribution in [0.5, 0.6) is 5.88 Å². The zero-order valence-electron chi connectivity index (χ0n) is 11.9. The SMILES string of the molecule is FC(F)(F)c1cnc(OCCn2cc3c(Cl)nccc3n2)c(Cl)c1. The van der Waals surface area contributed by atoms with Crippen LogP contribution in [-0.4, -0.2) is 26.4 Å². The van der Waals surface area contributed by atoms with Gasteiger partial charge in [0.1, 0.15) is 16.8 Å². The largest absolute Gasteiger partial charge is 0.475 e. The van der Waals surface area contributed by atoms with Crippen molar-refractivity contribution in [3.8, 4) is 5.88 Å². The highest BCUT2D eigenvalue weighted by atomic mass is 35.5. The predicted molar refractivity (Wildman–Crippen MR) is 82.3 cm³/mol. The number of hydrogen-bond acceptors (Lipinski definition) is 4. The quantitative estimate of drug-likeness (QED) is 0.639. The van der Waals surface area contributed by atoms with Crippen LogP contribution in [-0.2, 0) is 12.7 Å². The molecule has 0 radical (unpaired) electrons. The fourth-order valence-electron chi connectivity index (χ4n) is 2.00. The van der Waals surface area contributed by atoms with Gasteiger partial charge in [0.05, 0.1) is 23.0 Å². The smallest absolute Gasteiger partial charge is 0.417 e. The summed E-state index contributed by atoms with van der Waals surface area (Å²) in [5.74, 6) is -0.0684. The van der Waals surface area contributed by atoms with Crippen LogP contribution in [0.1, 0.15) is 5.56 Å². The summed E-state index contributed by atoms with van der Waals surface area (Å²) in [4.78, 5) is 7.55. The minimum Gasteiger partial charge on any atom is -0.475 e. The summed E-state index contributed by atoms with van der Waals surface area (Å²) in [5, 5.41) is 5.12. The molecule has 0 spiro atoms. The van der Waals surface area contributed by atoms with E-state index in [-0.39, 0.29) is 17.5 Å². The molecule has 0 amide bonds. The van der Waals surface area contributed by atoms with E-state index in [1.165, 1.54) is 0 Å². The van der Waals surface area contributed by atoms with Crippen molar-refractivity contribution < 1.29 is 17.9 Å². The van der Waals surface area contributed by atoms with Crippen molar-refractivity contribution in [1.29, 1.82) is 0 Å². The summed E-state index contributed by atoms with van der Waals surface area (Å²) >= 11 is 11.7. The average molecular weight is 377 g/mol. The summed E-state index contributed by atoms with van der Waals surface area (Å²) in [6, 6.07) is 2.49. The van der Waals surface area contributed by atoms with Crippen molar-refractivity contribution in [2.75, 3.05) is 6.61 Å². The average Bonchev–Trinajstić information content (AvgIpc) is 2.92. The maximum Gasteiger partial charge on any atom is 0.417 e. The van der Waals surface area contributed by atoms with Crippen molar-refractivity contribution in [3.05, 3.63) is 46.5 Å². The van der Waals surface area contributed by atoms with Crippen LogP contribution in [0.25, 0.3) is 10.9 Å². The molecule has 3 rings (SSSR count). The van der Waals surface area contributed by atoms with E-state index in [0.717, 1.165) is 6.07 Å². The van der Waals surface area contributed by atoms with E-state index < -0.39 is 11.7 Å². The molecule has 5 nitrogen and oxygen atoms in total. The van der Waals surface area contributed by atoms with Crippen LogP contribution in [0.4, 0.5) is 13.2 Å². The molecule has 0 saturated heterocycles. The van der Waals surface area contributed by atoms with Crippen molar-refractivity contribution in [2.45, 2.75) is 12.7 Å². The van der Waals surface area contributed by atoms with Gasteiger partial charge in [-0.1, -0.05) is 23.2 Å². The predicted octanol–water partition coefficient (Wildman–Crippen LogP) is 4.23. The lowest BCUT2D eigenvalue weighted by Crippen LogP contribution is -2.10. The minimum absolute atomic E-state index is 0.0684. The molecule has 24 heavy (non-hydrogen) atoms. The van der Waals surface area contributed by atoms with Crippen molar-refractivity contribution >= 4 is 34.1 Å². The van der Waals surface area contributed by atoms with Crippen molar-refractivity contribution in [2.24, 2.45) is 0 Å². The van der Waals surface area contributed by atoms with Crippen LogP contribution in [0.15, 0.2) is 30.7 Å². The van der Waals surface area contributed by atoms with Gasteiger partial charge >= 0.3 is 6.18 Å². The molecule has 0 aliphatic carbocycles. The van der Waals surface area contributed by atoms with Gasteiger partial charge in [0.15, 0.2) is 0 Å². The first-order valence-electron chi connectivity index (χ1n) is 6.68. The Bertz CT molecular complexity index is 882. The molecule has 0 N–H and O–H groups in total. The fourth-order valence-corrected chi connectivity index (χ4v) is 2.42. The summed E-state index contributed by atoms with van der Waals surface area (Å²) < 4.78 is 44.5. The number of nitrogens with zero attached hydrogens (tertiary/aromatic N) is 4. The third-order valence-corrected chi connectivity index (χ3v) is 3.70. The molecule has 0 aliphatic rings. The van der Waals surface area contributed by atoms with Gasteiger partial charge in [-0.15, -0.1) is 0 Å². The van der Waals surface area contributed by atoms with Crippen LogP contribution < -0.4 is 4.74 Å². The monoisotopic (exact) mass is 376 g/mol. The molecule has 126 valence electrons. The van der Waals surface area contributed by atoms with Crippen LogP contribution in [0, 0.1) is 0 Å². The Labute approximate surface area is 144 Å². The third kappa shape index (κ3) is 3.54. The highest BCUT2D eigenvalue weighted by molar-refractivity contribution is 6.34. The number of pyridine rings is 2. The fraction of sp³-hybridized carbons (Fsp3) is 0.214. The molecule has 3 aromatic heterocycles. The van der Waals surface area contributed by atoms with Crippen LogP contribution >= 0.6 is 23.2 Å². The molecule has 0 bridgehead atoms. The van der Waals surface area contributed by atoms with Gasteiger partial charge in [0.2, 0.25) is 5.88 Å². The maximum absolute atomic E-state index is 12.5. The van der Waals surface area contributed by atoms with E-state index in [0.29, 0.717) is 28.8 Å². The highest BCUT2D eigenvalue weighted by Gasteiger charge is 2.31. The Kier molecular flexibility index (Phi) is 4.51. The summed E-state index contributed by atoms with van der Waals surface area (Å²) in [5.41, 5.74) is -0.249. The second-order valence-electron chi connectivity index (χ2n) is 4.78. The van der Waals surface area contributed by atoms with Gasteiger partial charge in [-0.05, 0) is 12.1 Å². The topological polar surface area (TPSA) is 52.8 Å². The van der Waals surface area contributed by atoms with Crippen LogP contribution in [0.2, 0.25) is 10.2 Å². The Morgan fingerprint density at radius 1 is 1.21 bits per heavy atom. The number of alkyl halides is 3. The number of hydrogen-bond donors (Lipinski definition) is 0. The first-order chi connectivity index (χ1) is 11.3. The zero-order chi connectivity index (χ0) is 17.3. The highest BCUT2D eigenvalue weighted by Crippen LogP contribution is 2.33. The lowest BCUT2D eigenvalue weighted by molar-refractivity contribution is -0.137. The Hall–Kier alpha value is -2.06. The number of fused-ring (bicyclic) bond motifs is 1. The van der Waals surface area contributed by atoms with Gasteiger partial charge in [0.25, 0.3) is 0 Å². The molecule has 3 heterocycles. The lowest BCUT2D eigenvalue weighted by Gasteiger charge is -2.10. The van der Waals surface area contributed by atoms with Gasteiger partial charge in [-0.3, -0.25) is 4.68 Å². The Morgan fingerprint density at radius 3 is 2.67 bits per heavy atom. The van der Waals surface area contributed by atoms with E-state index in [1.807, 2.05) is 0 Å². The number of aromatic nitrogens is 4. The first kappa shape index (κ1) is 16.8. The molecule has 10 heteroatoms. The minimum atomic E-state index is -4.50. The second-order valence-corrected chi connectivity index (χ2v) is 5.55. The van der Waals surface area contributed by atoms with Gasteiger partial charge in [-0.2, -0.15) is 18.3 Å². The van der Waals surface area contributed by atoms with E-state index in [2.05, 4.69) is 15.1 Å². The van der Waals surface area contributed by atoms with Crippen molar-refractivity contribution in [1.82, 2.24) is 19.7 Å². The summed E-state index contributed by atoms with van der Waals surface area (Å²) in [7, 11) is 0. The molecular formula is C14H9Cl2F3N4O. The zero-order valence-corrected chi connectivity index (χ0v) is 13.4. The lowest BCUT2D eigenvalue weighted by atomic mass is 10.3. The summed E-state index contributed by atoms with van der Waals surface area (Å²) in [6.45, 7) is 0.459. The van der Waals surface area contributed by atoms with Gasteiger partial charge in [0, 0.05) is 18.6 Å². The molecule has 0 unspecified atom stereocenters. The van der Waals surface area contributed by atoms with Gasteiger partial charge < -0.3 is 4.74 Å². The third-order valence-electron chi connectivity index (χ3n) is 3.13. The molecule has 0 fully saturated rings. The molecule has 0 aromatic carbocycles. The first-order valence-corrected chi connectivity index (χ1v) is 7.43. The van der Waals surface area contributed by atoms with Crippen LogP contribution in [0.3, 0.4) is 0 Å². The Morgan fingerprint density at radius 2 is 2.00 bits per heavy atom. The van der Waals surface area contributed by atoms with E-state index in [9.17, 15) is 13.2 Å². The molecule has 0 atom stereocenters. The maximum atomic E-state index is 12.5. The van der Waals surface area contributed by atoms with E-state index >= 15 is 0 Å². The van der Waals surface area contributed by atoms with E-state index in [1.54, 1.807) is 23.1 Å². The number of rotatable bonds is 4. The normalized spacial score (nSPS) is 11.9.